The Morgan fingerprint density at radius 1 is 1.36 bits per heavy atom. The minimum Gasteiger partial charge on any atom is -0.489 e. The summed E-state index contributed by atoms with van der Waals surface area (Å²) in [6, 6.07) is 1.65. The molecule has 1 aliphatic heterocycles. The number of aliphatic hydroxyl groups is 1. The van der Waals surface area contributed by atoms with E-state index in [1.807, 2.05) is 0 Å². The number of hydrogen-bond donors (Lipinski definition) is 1. The Labute approximate surface area is 131 Å². The van der Waals surface area contributed by atoms with Crippen LogP contribution < -0.4 is 4.74 Å². The largest absolute Gasteiger partial charge is 0.489 e. The predicted octanol–water partition coefficient (Wildman–Crippen LogP) is 2.89. The lowest BCUT2D eigenvalue weighted by molar-refractivity contribution is -0.258. The molecule has 0 bridgehead atoms. The van der Waals surface area contributed by atoms with Gasteiger partial charge in [0.15, 0.2) is 5.60 Å². The molecular weight excluding hydrogens is 321 g/mol. The number of nitrogens with zero attached hydrogens (tertiary/aromatic N) is 2. The summed E-state index contributed by atoms with van der Waals surface area (Å²) >= 11 is 5.82. The Kier molecular flexibility index (Phi) is 5.19. The summed E-state index contributed by atoms with van der Waals surface area (Å²) in [5, 5.41) is 9.98. The Balaban J connectivity index is 1.83. The summed E-state index contributed by atoms with van der Waals surface area (Å²) in [5.74, 6) is 0.549. The smallest absolute Gasteiger partial charge is 0.418 e. The third-order valence-electron chi connectivity index (χ3n) is 3.66. The van der Waals surface area contributed by atoms with Gasteiger partial charge in [0.2, 0.25) is 0 Å². The molecule has 4 nitrogen and oxygen atoms in total. The first-order valence-electron chi connectivity index (χ1n) is 6.96. The zero-order chi connectivity index (χ0) is 16.4. The van der Waals surface area contributed by atoms with E-state index < -0.39 is 18.3 Å². The Bertz CT molecular complexity index is 503. The van der Waals surface area contributed by atoms with E-state index in [4.69, 9.17) is 16.3 Å². The molecule has 1 atom stereocenters. The van der Waals surface area contributed by atoms with Crippen molar-refractivity contribution in [2.75, 3.05) is 19.6 Å². The minimum atomic E-state index is -4.63. The molecule has 0 unspecified atom stereocenters. The molecule has 124 valence electrons. The van der Waals surface area contributed by atoms with Crippen LogP contribution in [0.2, 0.25) is 5.02 Å². The Hall–Kier alpha value is -1.05. The second kappa shape index (κ2) is 6.60. The second-order valence-corrected chi connectivity index (χ2v) is 6.14. The SMILES string of the molecule is C[C@](O)(CN1CCC(Oc2cncc(Cl)c2)CC1)C(F)(F)F. The summed E-state index contributed by atoms with van der Waals surface area (Å²) in [7, 11) is 0. The summed E-state index contributed by atoms with van der Waals surface area (Å²) in [4.78, 5) is 5.52. The molecule has 22 heavy (non-hydrogen) atoms. The van der Waals surface area contributed by atoms with Crippen molar-refractivity contribution in [3.05, 3.63) is 23.5 Å². The summed E-state index contributed by atoms with van der Waals surface area (Å²) in [6.45, 7) is 1.24. The van der Waals surface area contributed by atoms with Gasteiger partial charge in [-0.1, -0.05) is 11.6 Å². The predicted molar refractivity (Wildman–Crippen MR) is 76.0 cm³/mol. The maximum atomic E-state index is 12.7. The van der Waals surface area contributed by atoms with Crippen LogP contribution in [-0.2, 0) is 0 Å². The van der Waals surface area contributed by atoms with Gasteiger partial charge in [-0.3, -0.25) is 9.88 Å². The number of rotatable bonds is 4. The lowest BCUT2D eigenvalue weighted by Gasteiger charge is -2.37. The number of β-amino-alcohol motifs (C(OH)–C–C–N with tert-alkyl or cyclic N) is 1. The molecule has 2 rings (SSSR count). The van der Waals surface area contributed by atoms with Gasteiger partial charge in [-0.15, -0.1) is 0 Å². The fraction of sp³-hybridized carbons (Fsp3) is 0.643. The molecule has 1 saturated heterocycles. The summed E-state index contributed by atoms with van der Waals surface area (Å²) in [5.41, 5.74) is -2.70. The van der Waals surface area contributed by atoms with Crippen molar-refractivity contribution < 1.29 is 23.0 Å². The average molecular weight is 339 g/mol. The van der Waals surface area contributed by atoms with Crippen molar-refractivity contribution >= 4 is 11.6 Å². The third-order valence-corrected chi connectivity index (χ3v) is 3.87. The zero-order valence-electron chi connectivity index (χ0n) is 12.1. The van der Waals surface area contributed by atoms with Gasteiger partial charge in [0.1, 0.15) is 11.9 Å². The van der Waals surface area contributed by atoms with Gasteiger partial charge in [0, 0.05) is 31.9 Å². The van der Waals surface area contributed by atoms with Gasteiger partial charge in [-0.05, 0) is 19.8 Å². The number of piperidine rings is 1. The van der Waals surface area contributed by atoms with Crippen LogP contribution in [0.5, 0.6) is 5.75 Å². The van der Waals surface area contributed by atoms with E-state index in [1.165, 1.54) is 6.20 Å². The van der Waals surface area contributed by atoms with Crippen molar-refractivity contribution in [2.45, 2.75) is 37.6 Å². The molecule has 0 spiro atoms. The van der Waals surface area contributed by atoms with Crippen LogP contribution >= 0.6 is 11.6 Å². The Morgan fingerprint density at radius 2 is 2.00 bits per heavy atom. The first-order chi connectivity index (χ1) is 10.2. The number of likely N-dealkylation sites (tertiary alicyclic amines) is 1. The molecule has 0 amide bonds. The van der Waals surface area contributed by atoms with Gasteiger partial charge in [-0.25, -0.2) is 0 Å². The monoisotopic (exact) mass is 338 g/mol. The number of pyridine rings is 1. The van der Waals surface area contributed by atoms with Gasteiger partial charge < -0.3 is 9.84 Å². The molecule has 2 heterocycles. The van der Waals surface area contributed by atoms with E-state index in [0.717, 1.165) is 6.92 Å². The van der Waals surface area contributed by atoms with Crippen LogP contribution in [0.25, 0.3) is 0 Å². The van der Waals surface area contributed by atoms with Crippen molar-refractivity contribution in [3.8, 4) is 5.75 Å². The van der Waals surface area contributed by atoms with Crippen LogP contribution in [0.15, 0.2) is 18.5 Å². The highest BCUT2D eigenvalue weighted by atomic mass is 35.5. The lowest BCUT2D eigenvalue weighted by atomic mass is 10.0. The Morgan fingerprint density at radius 3 is 2.55 bits per heavy atom. The van der Waals surface area contributed by atoms with Gasteiger partial charge in [-0.2, -0.15) is 13.2 Å². The molecule has 0 radical (unpaired) electrons. The highest BCUT2D eigenvalue weighted by molar-refractivity contribution is 6.30. The highest BCUT2D eigenvalue weighted by Crippen LogP contribution is 2.31. The van der Waals surface area contributed by atoms with Crippen LogP contribution in [0, 0.1) is 0 Å². The van der Waals surface area contributed by atoms with Crippen molar-refractivity contribution in [3.63, 3.8) is 0 Å². The van der Waals surface area contributed by atoms with E-state index in [-0.39, 0.29) is 6.10 Å². The van der Waals surface area contributed by atoms with Crippen LogP contribution in [0.4, 0.5) is 13.2 Å². The first kappa shape index (κ1) is 17.3. The summed E-state index contributed by atoms with van der Waals surface area (Å²) in [6.07, 6.45) is -0.510. The lowest BCUT2D eigenvalue weighted by Crippen LogP contribution is -2.53. The number of ether oxygens (including phenoxy) is 1. The number of hydrogen-bond acceptors (Lipinski definition) is 4. The fourth-order valence-electron chi connectivity index (χ4n) is 2.36. The first-order valence-corrected chi connectivity index (χ1v) is 7.34. The third kappa shape index (κ3) is 4.47. The molecule has 1 fully saturated rings. The molecular formula is C14H18ClF3N2O2. The standard InChI is InChI=1S/C14H18ClF3N2O2/c1-13(21,14(16,17)18)9-20-4-2-11(3-5-20)22-12-6-10(15)7-19-8-12/h6-8,11,21H,2-5,9H2,1H3/t13-/m0/s1. The van der Waals surface area contributed by atoms with Gasteiger partial charge >= 0.3 is 6.18 Å². The normalized spacial score (nSPS) is 20.6. The quantitative estimate of drug-likeness (QED) is 0.917. The number of alkyl halides is 3. The summed E-state index contributed by atoms with van der Waals surface area (Å²) < 4.78 is 43.7. The molecule has 0 aromatic carbocycles. The van der Waals surface area contributed by atoms with E-state index in [9.17, 15) is 18.3 Å². The van der Waals surface area contributed by atoms with Crippen molar-refractivity contribution in [2.24, 2.45) is 0 Å². The highest BCUT2D eigenvalue weighted by Gasteiger charge is 2.50. The van der Waals surface area contributed by atoms with E-state index in [2.05, 4.69) is 4.98 Å². The molecule has 0 saturated carbocycles. The molecule has 1 aromatic heterocycles. The molecule has 1 aliphatic rings. The van der Waals surface area contributed by atoms with Gasteiger partial charge in [0.25, 0.3) is 0 Å². The van der Waals surface area contributed by atoms with E-state index >= 15 is 0 Å². The molecule has 0 aliphatic carbocycles. The van der Waals surface area contributed by atoms with Crippen molar-refractivity contribution in [1.29, 1.82) is 0 Å². The minimum absolute atomic E-state index is 0.0904. The zero-order valence-corrected chi connectivity index (χ0v) is 12.9. The topological polar surface area (TPSA) is 45.6 Å². The maximum absolute atomic E-state index is 12.7. The molecule has 1 aromatic rings. The molecule has 1 N–H and O–H groups in total. The average Bonchev–Trinajstić information content (AvgIpc) is 2.39. The van der Waals surface area contributed by atoms with Crippen LogP contribution in [0.1, 0.15) is 19.8 Å². The maximum Gasteiger partial charge on any atom is 0.418 e. The van der Waals surface area contributed by atoms with E-state index in [1.54, 1.807) is 17.2 Å². The number of aromatic nitrogens is 1. The van der Waals surface area contributed by atoms with Crippen LogP contribution in [0.3, 0.4) is 0 Å². The fourth-order valence-corrected chi connectivity index (χ4v) is 2.52. The van der Waals surface area contributed by atoms with Crippen LogP contribution in [-0.4, -0.2) is 52.5 Å². The van der Waals surface area contributed by atoms with Gasteiger partial charge in [0.05, 0.1) is 11.2 Å². The second-order valence-electron chi connectivity index (χ2n) is 5.70. The number of halogens is 4. The van der Waals surface area contributed by atoms with E-state index in [0.29, 0.717) is 36.7 Å². The molecule has 8 heteroatoms. The van der Waals surface area contributed by atoms with Crippen molar-refractivity contribution in [1.82, 2.24) is 9.88 Å².